The Hall–Kier alpha value is -1.26. The predicted octanol–water partition coefficient (Wildman–Crippen LogP) is 1.75. The van der Waals surface area contributed by atoms with Crippen molar-refractivity contribution in [3.8, 4) is 5.75 Å². The van der Waals surface area contributed by atoms with Crippen LogP contribution in [0.1, 0.15) is 18.6 Å². The number of nitrogens with zero attached hydrogens (tertiary/aromatic N) is 2. The average Bonchev–Trinajstić information content (AvgIpc) is 2.34. The molecule has 0 amide bonds. The Morgan fingerprint density at radius 2 is 1.89 bits per heavy atom. The summed E-state index contributed by atoms with van der Waals surface area (Å²) in [6.07, 6.45) is -0.544. The molecule has 4 nitrogen and oxygen atoms in total. The fourth-order valence-corrected chi connectivity index (χ4v) is 1.93. The molecule has 18 heavy (non-hydrogen) atoms. The van der Waals surface area contributed by atoms with Crippen molar-refractivity contribution >= 4 is 5.69 Å². The topological polar surface area (TPSA) is 35.9 Å². The van der Waals surface area contributed by atoms with Crippen molar-refractivity contribution in [3.05, 3.63) is 23.8 Å². The zero-order valence-corrected chi connectivity index (χ0v) is 12.0. The van der Waals surface area contributed by atoms with E-state index >= 15 is 0 Å². The van der Waals surface area contributed by atoms with Gasteiger partial charge in [0.15, 0.2) is 0 Å². The van der Waals surface area contributed by atoms with Gasteiger partial charge in [-0.25, -0.2) is 0 Å². The maximum Gasteiger partial charge on any atom is 0.126 e. The van der Waals surface area contributed by atoms with Gasteiger partial charge in [-0.2, -0.15) is 0 Å². The van der Waals surface area contributed by atoms with E-state index in [1.54, 1.807) is 14.0 Å². The molecule has 1 rings (SSSR count). The van der Waals surface area contributed by atoms with Gasteiger partial charge in [0.25, 0.3) is 0 Å². The van der Waals surface area contributed by atoms with E-state index in [4.69, 9.17) is 4.74 Å². The standard InChI is InChI=1S/C14H24N2O2/c1-11(17)14-12(7-6-8-13(14)18-5)16(4)10-9-15(2)3/h6-8,11,17H,9-10H2,1-5H3/t11-/m0/s1. The van der Waals surface area contributed by atoms with Crippen LogP contribution in [0.25, 0.3) is 0 Å². The van der Waals surface area contributed by atoms with E-state index in [0.717, 1.165) is 30.1 Å². The van der Waals surface area contributed by atoms with Gasteiger partial charge in [0.05, 0.1) is 13.2 Å². The SMILES string of the molecule is COc1cccc(N(C)CCN(C)C)c1[C@H](C)O. The highest BCUT2D eigenvalue weighted by Gasteiger charge is 2.16. The maximum absolute atomic E-state index is 9.93. The second-order valence-corrected chi connectivity index (χ2v) is 4.79. The molecule has 0 heterocycles. The fraction of sp³-hybridized carbons (Fsp3) is 0.571. The molecular weight excluding hydrogens is 228 g/mol. The lowest BCUT2D eigenvalue weighted by Gasteiger charge is -2.26. The number of aliphatic hydroxyl groups excluding tert-OH is 1. The van der Waals surface area contributed by atoms with Crippen molar-refractivity contribution in [2.75, 3.05) is 46.2 Å². The predicted molar refractivity (Wildman–Crippen MR) is 75.5 cm³/mol. The van der Waals surface area contributed by atoms with Gasteiger partial charge in [-0.05, 0) is 33.2 Å². The van der Waals surface area contributed by atoms with Gasteiger partial charge >= 0.3 is 0 Å². The lowest BCUT2D eigenvalue weighted by Crippen LogP contribution is -2.29. The van der Waals surface area contributed by atoms with Crippen molar-refractivity contribution in [1.29, 1.82) is 0 Å². The molecule has 4 heteroatoms. The van der Waals surface area contributed by atoms with Gasteiger partial charge in [-0.3, -0.25) is 0 Å². The molecule has 1 atom stereocenters. The monoisotopic (exact) mass is 252 g/mol. The van der Waals surface area contributed by atoms with Crippen molar-refractivity contribution in [1.82, 2.24) is 4.90 Å². The van der Waals surface area contributed by atoms with Crippen LogP contribution in [0.15, 0.2) is 18.2 Å². The molecule has 0 radical (unpaired) electrons. The summed E-state index contributed by atoms with van der Waals surface area (Å²) < 4.78 is 5.33. The lowest BCUT2D eigenvalue weighted by atomic mass is 10.1. The van der Waals surface area contributed by atoms with E-state index < -0.39 is 6.10 Å². The molecule has 0 aliphatic heterocycles. The third kappa shape index (κ3) is 3.62. The van der Waals surface area contributed by atoms with E-state index in [2.05, 4.69) is 23.9 Å². The Labute approximate surface area is 110 Å². The Morgan fingerprint density at radius 1 is 1.22 bits per heavy atom. The first-order valence-electron chi connectivity index (χ1n) is 6.18. The normalized spacial score (nSPS) is 12.6. The second-order valence-electron chi connectivity index (χ2n) is 4.79. The summed E-state index contributed by atoms with van der Waals surface area (Å²) in [5, 5.41) is 9.93. The molecule has 0 aromatic heterocycles. The molecule has 1 aromatic carbocycles. The van der Waals surface area contributed by atoms with Gasteiger partial charge < -0.3 is 19.6 Å². The minimum atomic E-state index is -0.544. The molecule has 1 N–H and O–H groups in total. The third-order valence-electron chi connectivity index (χ3n) is 2.97. The highest BCUT2D eigenvalue weighted by Crippen LogP contribution is 2.33. The summed E-state index contributed by atoms with van der Waals surface area (Å²) in [5.41, 5.74) is 1.87. The van der Waals surface area contributed by atoms with Crippen LogP contribution in [0, 0.1) is 0 Å². The van der Waals surface area contributed by atoms with Crippen LogP contribution >= 0.6 is 0 Å². The number of rotatable bonds is 6. The summed E-state index contributed by atoms with van der Waals surface area (Å²) in [4.78, 5) is 4.28. The van der Waals surface area contributed by atoms with Crippen molar-refractivity contribution < 1.29 is 9.84 Å². The highest BCUT2D eigenvalue weighted by molar-refractivity contribution is 5.60. The number of aliphatic hydroxyl groups is 1. The number of likely N-dealkylation sites (N-methyl/N-ethyl adjacent to an activating group) is 2. The minimum Gasteiger partial charge on any atom is -0.496 e. The van der Waals surface area contributed by atoms with Crippen LogP contribution in [0.2, 0.25) is 0 Å². The average molecular weight is 252 g/mol. The molecule has 0 bridgehead atoms. The van der Waals surface area contributed by atoms with Gasteiger partial charge in [-0.1, -0.05) is 6.07 Å². The summed E-state index contributed by atoms with van der Waals surface area (Å²) >= 11 is 0. The van der Waals surface area contributed by atoms with Crippen LogP contribution in [0.3, 0.4) is 0 Å². The van der Waals surface area contributed by atoms with E-state index in [-0.39, 0.29) is 0 Å². The second kappa shape index (κ2) is 6.61. The van der Waals surface area contributed by atoms with Crippen LogP contribution in [-0.4, -0.2) is 51.3 Å². The van der Waals surface area contributed by atoms with Crippen molar-refractivity contribution in [3.63, 3.8) is 0 Å². The molecule has 0 fully saturated rings. The third-order valence-corrected chi connectivity index (χ3v) is 2.97. The molecule has 0 spiro atoms. The highest BCUT2D eigenvalue weighted by atomic mass is 16.5. The van der Waals surface area contributed by atoms with Crippen LogP contribution in [0.4, 0.5) is 5.69 Å². The zero-order valence-electron chi connectivity index (χ0n) is 12.0. The Morgan fingerprint density at radius 3 is 2.39 bits per heavy atom. The first kappa shape index (κ1) is 14.8. The Bertz CT molecular complexity index is 378. The number of benzene rings is 1. The number of hydrogen-bond donors (Lipinski definition) is 1. The zero-order chi connectivity index (χ0) is 13.7. The van der Waals surface area contributed by atoms with Crippen molar-refractivity contribution in [2.45, 2.75) is 13.0 Å². The minimum absolute atomic E-state index is 0.544. The Kier molecular flexibility index (Phi) is 5.44. The molecular formula is C14H24N2O2. The first-order chi connectivity index (χ1) is 8.47. The molecule has 1 aromatic rings. The molecule has 0 saturated carbocycles. The van der Waals surface area contributed by atoms with Crippen LogP contribution in [0.5, 0.6) is 5.75 Å². The van der Waals surface area contributed by atoms with E-state index in [9.17, 15) is 5.11 Å². The van der Waals surface area contributed by atoms with E-state index in [1.165, 1.54) is 0 Å². The summed E-state index contributed by atoms with van der Waals surface area (Å²) in [7, 11) is 7.76. The maximum atomic E-state index is 9.93. The van der Waals surface area contributed by atoms with Crippen molar-refractivity contribution in [2.24, 2.45) is 0 Å². The largest absolute Gasteiger partial charge is 0.496 e. The number of ether oxygens (including phenoxy) is 1. The van der Waals surface area contributed by atoms with Crippen LogP contribution < -0.4 is 9.64 Å². The van der Waals surface area contributed by atoms with Crippen LogP contribution in [-0.2, 0) is 0 Å². The summed E-state index contributed by atoms with van der Waals surface area (Å²) in [6, 6.07) is 5.85. The molecule has 0 saturated heterocycles. The number of methoxy groups -OCH3 is 1. The van der Waals surface area contributed by atoms with Gasteiger partial charge in [0.2, 0.25) is 0 Å². The van der Waals surface area contributed by atoms with Gasteiger partial charge in [0, 0.05) is 31.4 Å². The quantitative estimate of drug-likeness (QED) is 0.836. The molecule has 102 valence electrons. The summed E-state index contributed by atoms with van der Waals surface area (Å²) in [6.45, 7) is 3.63. The van der Waals surface area contributed by atoms with E-state index in [1.807, 2.05) is 25.2 Å². The fourth-order valence-electron chi connectivity index (χ4n) is 1.93. The number of hydrogen-bond acceptors (Lipinski definition) is 4. The van der Waals surface area contributed by atoms with Gasteiger partial charge in [0.1, 0.15) is 5.75 Å². The lowest BCUT2D eigenvalue weighted by molar-refractivity contribution is 0.194. The molecule has 0 aliphatic rings. The number of anilines is 1. The smallest absolute Gasteiger partial charge is 0.126 e. The first-order valence-corrected chi connectivity index (χ1v) is 6.18. The van der Waals surface area contributed by atoms with E-state index in [0.29, 0.717) is 0 Å². The molecule has 0 unspecified atom stereocenters. The Balaban J connectivity index is 2.99. The van der Waals surface area contributed by atoms with Gasteiger partial charge in [-0.15, -0.1) is 0 Å². The molecule has 0 aliphatic carbocycles. The summed E-state index contributed by atoms with van der Waals surface area (Å²) in [5.74, 6) is 0.735.